The molecule has 0 atom stereocenters. The van der Waals surface area contributed by atoms with Gasteiger partial charge in [0.1, 0.15) is 4.60 Å². The highest BCUT2D eigenvalue weighted by Gasteiger charge is 1.98. The molecule has 0 aliphatic carbocycles. The number of nitrogens with zero attached hydrogens (tertiary/aromatic N) is 2. The van der Waals surface area contributed by atoms with Crippen molar-refractivity contribution in [1.82, 2.24) is 9.78 Å². The van der Waals surface area contributed by atoms with Crippen LogP contribution in [0.5, 0.6) is 0 Å². The molecule has 0 aliphatic heterocycles. The summed E-state index contributed by atoms with van der Waals surface area (Å²) in [5, 5.41) is 4.23. The van der Waals surface area contributed by atoms with Gasteiger partial charge < -0.3 is 0 Å². The average Bonchev–Trinajstić information content (AvgIpc) is 2.52. The third-order valence-corrected chi connectivity index (χ3v) is 2.55. The van der Waals surface area contributed by atoms with E-state index >= 15 is 0 Å². The monoisotopic (exact) mass is 300 g/mol. The molecule has 0 saturated heterocycles. The van der Waals surface area contributed by atoms with Crippen LogP contribution < -0.4 is 0 Å². The first-order chi connectivity index (χ1) is 6.25. The molecule has 0 spiro atoms. The summed E-state index contributed by atoms with van der Waals surface area (Å²) in [5.41, 5.74) is 1.04. The molecular weight excluding hydrogens is 296 g/mol. The molecule has 0 aliphatic rings. The van der Waals surface area contributed by atoms with E-state index in [1.807, 2.05) is 41.2 Å². The Hall–Kier alpha value is -0.610. The number of hydrogen-bond donors (Lipinski definition) is 0. The van der Waals surface area contributed by atoms with Gasteiger partial charge in [-0.1, -0.05) is 22.0 Å². The molecule has 0 fully saturated rings. The summed E-state index contributed by atoms with van der Waals surface area (Å²) in [5.74, 6) is 0. The van der Waals surface area contributed by atoms with E-state index in [9.17, 15) is 0 Å². The first-order valence-corrected chi connectivity index (χ1v) is 5.31. The molecule has 0 unspecified atom stereocenters. The molecule has 0 bridgehead atoms. The van der Waals surface area contributed by atoms with Crippen molar-refractivity contribution in [2.45, 2.75) is 0 Å². The Kier molecular flexibility index (Phi) is 2.51. The number of rotatable bonds is 1. The van der Waals surface area contributed by atoms with Gasteiger partial charge in [-0.15, -0.1) is 0 Å². The molecule has 13 heavy (non-hydrogen) atoms. The maximum atomic E-state index is 4.23. The summed E-state index contributed by atoms with van der Waals surface area (Å²) in [6.45, 7) is 0. The van der Waals surface area contributed by atoms with E-state index in [1.54, 1.807) is 0 Å². The summed E-state index contributed by atoms with van der Waals surface area (Å²) >= 11 is 6.72. The van der Waals surface area contributed by atoms with Crippen molar-refractivity contribution in [3.63, 3.8) is 0 Å². The predicted molar refractivity (Wildman–Crippen MR) is 59.0 cm³/mol. The summed E-state index contributed by atoms with van der Waals surface area (Å²) in [6.07, 6.45) is 1.91. The molecule has 0 saturated carbocycles. The number of halogens is 2. The van der Waals surface area contributed by atoms with Gasteiger partial charge in [-0.3, -0.25) is 0 Å². The Morgan fingerprint density at radius 3 is 2.62 bits per heavy atom. The van der Waals surface area contributed by atoms with Gasteiger partial charge in [-0.25, -0.2) is 4.68 Å². The van der Waals surface area contributed by atoms with Gasteiger partial charge in [0.2, 0.25) is 0 Å². The zero-order valence-electron chi connectivity index (χ0n) is 6.61. The van der Waals surface area contributed by atoms with Crippen LogP contribution in [0.4, 0.5) is 0 Å². The van der Waals surface area contributed by atoms with Crippen molar-refractivity contribution in [2.24, 2.45) is 0 Å². The lowest BCUT2D eigenvalue weighted by Gasteiger charge is -2.00. The van der Waals surface area contributed by atoms with E-state index in [1.165, 1.54) is 0 Å². The Balaban J connectivity index is 2.46. The van der Waals surface area contributed by atoms with Crippen molar-refractivity contribution in [1.29, 1.82) is 0 Å². The molecule has 2 rings (SSSR count). The number of hydrogen-bond acceptors (Lipinski definition) is 1. The Morgan fingerprint density at radius 2 is 2.00 bits per heavy atom. The van der Waals surface area contributed by atoms with Crippen LogP contribution in [0, 0.1) is 0 Å². The van der Waals surface area contributed by atoms with Crippen molar-refractivity contribution >= 4 is 31.9 Å². The molecule has 2 aromatic rings. The maximum Gasteiger partial charge on any atom is 0.128 e. The van der Waals surface area contributed by atoms with Crippen LogP contribution in [0.3, 0.4) is 0 Å². The average molecular weight is 302 g/mol. The second-order valence-corrected chi connectivity index (χ2v) is 4.29. The Morgan fingerprint density at radius 1 is 1.15 bits per heavy atom. The standard InChI is InChI=1S/C9H6Br2N2/c10-7-2-1-3-8(6-7)13-5-4-9(11)12-13/h1-6H. The molecule has 0 amide bonds. The van der Waals surface area contributed by atoms with Gasteiger partial charge in [0.05, 0.1) is 5.69 Å². The molecule has 66 valence electrons. The smallest absolute Gasteiger partial charge is 0.128 e. The molecule has 1 aromatic heterocycles. The van der Waals surface area contributed by atoms with Gasteiger partial charge in [0.25, 0.3) is 0 Å². The molecule has 4 heteroatoms. The maximum absolute atomic E-state index is 4.23. The van der Waals surface area contributed by atoms with Gasteiger partial charge in [0.15, 0.2) is 0 Å². The van der Waals surface area contributed by atoms with E-state index in [-0.39, 0.29) is 0 Å². The largest absolute Gasteiger partial charge is 0.240 e. The first kappa shape index (κ1) is 8.97. The van der Waals surface area contributed by atoms with Crippen LogP contribution in [0.2, 0.25) is 0 Å². The summed E-state index contributed by atoms with van der Waals surface area (Å²) in [6, 6.07) is 9.89. The number of benzene rings is 1. The SMILES string of the molecule is Brc1cccc(-n2ccc(Br)n2)c1. The highest BCUT2D eigenvalue weighted by molar-refractivity contribution is 9.10. The fourth-order valence-electron chi connectivity index (χ4n) is 1.06. The summed E-state index contributed by atoms with van der Waals surface area (Å²) in [4.78, 5) is 0. The predicted octanol–water partition coefficient (Wildman–Crippen LogP) is 3.40. The molecular formula is C9H6Br2N2. The van der Waals surface area contributed by atoms with E-state index in [4.69, 9.17) is 0 Å². The summed E-state index contributed by atoms with van der Waals surface area (Å²) < 4.78 is 3.71. The van der Waals surface area contributed by atoms with Crippen molar-refractivity contribution in [3.05, 3.63) is 45.6 Å². The van der Waals surface area contributed by atoms with Crippen LogP contribution in [-0.2, 0) is 0 Å². The minimum Gasteiger partial charge on any atom is -0.240 e. The lowest BCUT2D eigenvalue weighted by atomic mass is 10.3. The minimum atomic E-state index is 0.840. The highest BCUT2D eigenvalue weighted by Crippen LogP contribution is 2.16. The van der Waals surface area contributed by atoms with E-state index in [0.29, 0.717) is 0 Å². The van der Waals surface area contributed by atoms with Gasteiger partial charge in [-0.2, -0.15) is 5.10 Å². The fourth-order valence-corrected chi connectivity index (χ4v) is 1.74. The molecule has 2 nitrogen and oxygen atoms in total. The Bertz CT molecular complexity index is 423. The van der Waals surface area contributed by atoms with Gasteiger partial charge in [-0.05, 0) is 40.2 Å². The third kappa shape index (κ3) is 2.00. The second kappa shape index (κ2) is 3.64. The third-order valence-electron chi connectivity index (χ3n) is 1.63. The highest BCUT2D eigenvalue weighted by atomic mass is 79.9. The second-order valence-electron chi connectivity index (χ2n) is 2.56. The van der Waals surface area contributed by atoms with Crippen molar-refractivity contribution < 1.29 is 0 Å². The first-order valence-electron chi connectivity index (χ1n) is 3.73. The molecule has 1 heterocycles. The lowest BCUT2D eigenvalue weighted by molar-refractivity contribution is 0.870. The molecule has 0 radical (unpaired) electrons. The zero-order valence-corrected chi connectivity index (χ0v) is 9.79. The zero-order chi connectivity index (χ0) is 9.26. The van der Waals surface area contributed by atoms with E-state index in [0.717, 1.165) is 14.8 Å². The Labute approximate surface area is 92.8 Å². The van der Waals surface area contributed by atoms with Gasteiger partial charge in [0, 0.05) is 10.7 Å². The van der Waals surface area contributed by atoms with Crippen LogP contribution in [0.25, 0.3) is 5.69 Å². The van der Waals surface area contributed by atoms with Crippen LogP contribution >= 0.6 is 31.9 Å². The number of aromatic nitrogens is 2. The fraction of sp³-hybridized carbons (Fsp3) is 0. The van der Waals surface area contributed by atoms with Crippen LogP contribution in [-0.4, -0.2) is 9.78 Å². The molecule has 0 N–H and O–H groups in total. The minimum absolute atomic E-state index is 0.840. The quantitative estimate of drug-likeness (QED) is 0.789. The van der Waals surface area contributed by atoms with Crippen LogP contribution in [0.15, 0.2) is 45.6 Å². The van der Waals surface area contributed by atoms with Crippen LogP contribution in [0.1, 0.15) is 0 Å². The summed E-state index contributed by atoms with van der Waals surface area (Å²) in [7, 11) is 0. The van der Waals surface area contributed by atoms with E-state index in [2.05, 4.69) is 37.0 Å². The van der Waals surface area contributed by atoms with Gasteiger partial charge >= 0.3 is 0 Å². The van der Waals surface area contributed by atoms with Crippen molar-refractivity contribution in [2.75, 3.05) is 0 Å². The van der Waals surface area contributed by atoms with E-state index < -0.39 is 0 Å². The lowest BCUT2D eigenvalue weighted by Crippen LogP contribution is -1.93. The normalized spacial score (nSPS) is 10.3. The van der Waals surface area contributed by atoms with Crippen molar-refractivity contribution in [3.8, 4) is 5.69 Å². The molecule has 1 aromatic carbocycles. The topological polar surface area (TPSA) is 17.8 Å².